The average molecular weight is 320 g/mol. The maximum absolute atomic E-state index is 12.1. The molecule has 1 aromatic carbocycles. The van der Waals surface area contributed by atoms with Crippen LogP contribution in [-0.2, 0) is 10.0 Å². The first-order chi connectivity index (χ1) is 9.44. The van der Waals surface area contributed by atoms with Crippen molar-refractivity contribution in [1.29, 1.82) is 0 Å². The molecule has 1 aromatic rings. The average Bonchev–Trinajstić information content (AvgIpc) is 3.22. The summed E-state index contributed by atoms with van der Waals surface area (Å²) in [6.45, 7) is 0.212. The number of benzene rings is 1. The van der Waals surface area contributed by atoms with Crippen LogP contribution in [0.1, 0.15) is 19.3 Å². The van der Waals surface area contributed by atoms with Gasteiger partial charge >= 0.3 is 0 Å². The first kappa shape index (κ1) is 15.6. The van der Waals surface area contributed by atoms with Crippen LogP contribution in [-0.4, -0.2) is 33.3 Å². The van der Waals surface area contributed by atoms with Gasteiger partial charge in [0.1, 0.15) is 5.75 Å². The molecule has 0 radical (unpaired) electrons. The van der Waals surface area contributed by atoms with E-state index in [0.717, 1.165) is 12.8 Å². The Labute approximate surface area is 124 Å². The van der Waals surface area contributed by atoms with Gasteiger partial charge < -0.3 is 9.84 Å². The summed E-state index contributed by atoms with van der Waals surface area (Å²) in [5, 5.41) is 9.94. The third kappa shape index (κ3) is 3.85. The zero-order valence-electron chi connectivity index (χ0n) is 11.2. The highest BCUT2D eigenvalue weighted by Gasteiger charge is 2.29. The number of hydrogen-bond acceptors (Lipinski definition) is 4. The number of rotatable bonds is 7. The lowest BCUT2D eigenvalue weighted by Crippen LogP contribution is -2.27. The number of ether oxygens (including phenoxy) is 1. The minimum atomic E-state index is -3.61. The van der Waals surface area contributed by atoms with Crippen LogP contribution in [0, 0.1) is 5.92 Å². The van der Waals surface area contributed by atoms with Gasteiger partial charge in [-0.25, -0.2) is 13.1 Å². The smallest absolute Gasteiger partial charge is 0.240 e. The molecular formula is C13H18ClNO4S. The van der Waals surface area contributed by atoms with E-state index >= 15 is 0 Å². The van der Waals surface area contributed by atoms with Gasteiger partial charge in [0.05, 0.1) is 23.1 Å². The fraction of sp³-hybridized carbons (Fsp3) is 0.538. The fourth-order valence-corrected chi connectivity index (χ4v) is 3.35. The fourth-order valence-electron chi connectivity index (χ4n) is 1.96. The summed E-state index contributed by atoms with van der Waals surface area (Å²) in [5.74, 6) is 0.768. The molecular weight excluding hydrogens is 302 g/mol. The van der Waals surface area contributed by atoms with Crippen LogP contribution in [0.2, 0.25) is 5.02 Å². The van der Waals surface area contributed by atoms with Gasteiger partial charge in [0.25, 0.3) is 0 Å². The molecule has 5 nitrogen and oxygen atoms in total. The van der Waals surface area contributed by atoms with Crippen molar-refractivity contribution in [3.63, 3.8) is 0 Å². The van der Waals surface area contributed by atoms with E-state index in [1.807, 2.05) is 0 Å². The van der Waals surface area contributed by atoms with Gasteiger partial charge in [0, 0.05) is 6.54 Å². The summed E-state index contributed by atoms with van der Waals surface area (Å²) in [6.07, 6.45) is 2.06. The molecule has 2 N–H and O–H groups in total. The Bertz CT molecular complexity index is 572. The van der Waals surface area contributed by atoms with E-state index in [2.05, 4.69) is 4.72 Å². The molecule has 1 aliphatic carbocycles. The molecule has 20 heavy (non-hydrogen) atoms. The van der Waals surface area contributed by atoms with Crippen LogP contribution < -0.4 is 9.46 Å². The first-order valence-corrected chi connectivity index (χ1v) is 8.31. The molecule has 2 rings (SSSR count). The number of aliphatic hydroxyl groups excluding tert-OH is 1. The van der Waals surface area contributed by atoms with Crippen LogP contribution in [0.25, 0.3) is 0 Å². The van der Waals surface area contributed by atoms with Crippen LogP contribution >= 0.6 is 11.6 Å². The molecule has 0 heterocycles. The number of sulfonamides is 1. The summed E-state index contributed by atoms with van der Waals surface area (Å²) < 4.78 is 31.6. The summed E-state index contributed by atoms with van der Waals surface area (Å²) in [6, 6.07) is 4.29. The second-order valence-corrected chi connectivity index (χ2v) is 7.06. The van der Waals surface area contributed by atoms with Crippen LogP contribution in [0.5, 0.6) is 5.75 Å². The quantitative estimate of drug-likeness (QED) is 0.803. The largest absolute Gasteiger partial charge is 0.495 e. The van der Waals surface area contributed by atoms with Gasteiger partial charge in [-0.2, -0.15) is 0 Å². The van der Waals surface area contributed by atoms with Crippen LogP contribution in [0.15, 0.2) is 23.1 Å². The predicted octanol–water partition coefficient (Wildman–Crippen LogP) is 1.79. The van der Waals surface area contributed by atoms with E-state index in [9.17, 15) is 13.5 Å². The molecule has 0 aromatic heterocycles. The molecule has 0 bridgehead atoms. The maximum Gasteiger partial charge on any atom is 0.240 e. The zero-order valence-corrected chi connectivity index (χ0v) is 12.7. The molecule has 0 aliphatic heterocycles. The molecule has 112 valence electrons. The van der Waals surface area contributed by atoms with Crippen molar-refractivity contribution in [3.05, 3.63) is 23.2 Å². The van der Waals surface area contributed by atoms with E-state index < -0.39 is 16.1 Å². The second kappa shape index (κ2) is 6.30. The van der Waals surface area contributed by atoms with Crippen molar-refractivity contribution in [2.75, 3.05) is 13.7 Å². The maximum atomic E-state index is 12.1. The minimum Gasteiger partial charge on any atom is -0.495 e. The number of nitrogens with one attached hydrogen (secondary N) is 1. The van der Waals surface area contributed by atoms with Gasteiger partial charge in [0.15, 0.2) is 0 Å². The summed E-state index contributed by atoms with van der Waals surface area (Å²) in [5.41, 5.74) is 0. The van der Waals surface area contributed by atoms with Crippen molar-refractivity contribution >= 4 is 21.6 Å². The lowest BCUT2D eigenvalue weighted by molar-refractivity contribution is 0.143. The molecule has 0 unspecified atom stereocenters. The van der Waals surface area contributed by atoms with Gasteiger partial charge in [-0.05, 0) is 43.4 Å². The van der Waals surface area contributed by atoms with E-state index in [-0.39, 0.29) is 16.5 Å². The molecule has 0 amide bonds. The van der Waals surface area contributed by atoms with E-state index in [0.29, 0.717) is 18.1 Å². The predicted molar refractivity (Wildman–Crippen MR) is 76.5 cm³/mol. The normalized spacial score (nSPS) is 16.9. The zero-order chi connectivity index (χ0) is 14.8. The van der Waals surface area contributed by atoms with E-state index in [1.165, 1.54) is 25.3 Å². The van der Waals surface area contributed by atoms with Crippen molar-refractivity contribution < 1.29 is 18.3 Å². The van der Waals surface area contributed by atoms with Crippen molar-refractivity contribution in [2.24, 2.45) is 5.92 Å². The molecule has 1 atom stereocenters. The second-order valence-electron chi connectivity index (χ2n) is 4.89. The van der Waals surface area contributed by atoms with Gasteiger partial charge in [-0.3, -0.25) is 0 Å². The minimum absolute atomic E-state index is 0.0872. The van der Waals surface area contributed by atoms with Gasteiger partial charge in [-0.1, -0.05) is 11.6 Å². The Kier molecular flexibility index (Phi) is 4.90. The number of hydrogen-bond donors (Lipinski definition) is 2. The van der Waals surface area contributed by atoms with E-state index in [1.54, 1.807) is 0 Å². The van der Waals surface area contributed by atoms with Crippen molar-refractivity contribution in [2.45, 2.75) is 30.3 Å². The van der Waals surface area contributed by atoms with Crippen LogP contribution in [0.3, 0.4) is 0 Å². The van der Waals surface area contributed by atoms with E-state index in [4.69, 9.17) is 16.3 Å². The lowest BCUT2D eigenvalue weighted by Gasteiger charge is -2.11. The highest BCUT2D eigenvalue weighted by molar-refractivity contribution is 7.89. The summed E-state index contributed by atoms with van der Waals surface area (Å²) in [4.78, 5) is 0.0872. The topological polar surface area (TPSA) is 75.6 Å². The third-order valence-electron chi connectivity index (χ3n) is 3.33. The van der Waals surface area contributed by atoms with Gasteiger partial charge in [-0.15, -0.1) is 0 Å². The number of halogens is 1. The number of aliphatic hydroxyl groups is 1. The third-order valence-corrected chi connectivity index (χ3v) is 5.09. The standard InChI is InChI=1S/C13H18ClNO4S/c1-19-13-5-4-10(8-11(13)14)20(17,18)15-7-6-12(16)9-2-3-9/h4-5,8-9,12,15-16H,2-3,6-7H2,1H3/t12-/m0/s1. The lowest BCUT2D eigenvalue weighted by atomic mass is 10.2. The Balaban J connectivity index is 1.96. The molecule has 0 spiro atoms. The molecule has 1 aliphatic rings. The highest BCUT2D eigenvalue weighted by Crippen LogP contribution is 2.33. The van der Waals surface area contributed by atoms with Crippen molar-refractivity contribution in [1.82, 2.24) is 4.72 Å². The Morgan fingerprint density at radius 2 is 2.20 bits per heavy atom. The molecule has 1 saturated carbocycles. The Hall–Kier alpha value is -0.820. The summed E-state index contributed by atoms with van der Waals surface area (Å²) in [7, 11) is -2.14. The van der Waals surface area contributed by atoms with Gasteiger partial charge in [0.2, 0.25) is 10.0 Å². The number of methoxy groups -OCH3 is 1. The molecule has 1 fully saturated rings. The monoisotopic (exact) mass is 319 g/mol. The Morgan fingerprint density at radius 1 is 1.50 bits per heavy atom. The Morgan fingerprint density at radius 3 is 2.75 bits per heavy atom. The summed E-state index contributed by atoms with van der Waals surface area (Å²) >= 11 is 5.91. The molecule has 0 saturated heterocycles. The molecule has 7 heteroatoms. The van der Waals surface area contributed by atoms with Crippen molar-refractivity contribution in [3.8, 4) is 5.75 Å². The first-order valence-electron chi connectivity index (χ1n) is 6.45. The highest BCUT2D eigenvalue weighted by atomic mass is 35.5. The SMILES string of the molecule is COc1ccc(S(=O)(=O)NCC[C@H](O)C2CC2)cc1Cl. The van der Waals surface area contributed by atoms with Crippen LogP contribution in [0.4, 0.5) is 0 Å².